The van der Waals surface area contributed by atoms with Gasteiger partial charge in [-0.05, 0) is 36.6 Å². The lowest BCUT2D eigenvalue weighted by Crippen LogP contribution is -2.16. The SMILES string of the molecule is CCOC(=O)c1c(C2CC2)csc1NS(=O)(=O)CBr. The second-order valence-corrected chi connectivity index (χ2v) is 8.12. The highest BCUT2D eigenvalue weighted by Crippen LogP contribution is 2.46. The summed E-state index contributed by atoms with van der Waals surface area (Å²) in [5, 5.41) is 2.19. The Hall–Kier alpha value is -0.600. The smallest absolute Gasteiger partial charge is 0.341 e. The predicted molar refractivity (Wildman–Crippen MR) is 78.6 cm³/mol. The molecule has 0 saturated heterocycles. The maximum Gasteiger partial charge on any atom is 0.341 e. The molecule has 1 heterocycles. The molecule has 1 aliphatic rings. The highest BCUT2D eigenvalue weighted by atomic mass is 79.9. The van der Waals surface area contributed by atoms with Gasteiger partial charge in [0.1, 0.15) is 9.66 Å². The van der Waals surface area contributed by atoms with E-state index >= 15 is 0 Å². The molecule has 0 aromatic carbocycles. The van der Waals surface area contributed by atoms with Crippen molar-refractivity contribution in [1.82, 2.24) is 0 Å². The van der Waals surface area contributed by atoms with Gasteiger partial charge in [0.15, 0.2) is 0 Å². The third-order valence-electron chi connectivity index (χ3n) is 2.71. The van der Waals surface area contributed by atoms with Gasteiger partial charge in [0.05, 0.1) is 12.2 Å². The number of esters is 1. The van der Waals surface area contributed by atoms with Crippen LogP contribution in [-0.2, 0) is 14.8 Å². The van der Waals surface area contributed by atoms with Gasteiger partial charge in [-0.3, -0.25) is 4.72 Å². The highest BCUT2D eigenvalue weighted by molar-refractivity contribution is 9.10. The summed E-state index contributed by atoms with van der Waals surface area (Å²) in [7, 11) is -3.47. The zero-order valence-corrected chi connectivity index (χ0v) is 13.5. The fourth-order valence-corrected chi connectivity index (χ4v) is 3.95. The standard InChI is InChI=1S/C11H14BrNO4S2/c1-2-17-11(14)9-8(7-3-4-7)5-18-10(9)13-19(15,16)6-12/h5,7,13H,2-4,6H2,1H3. The Morgan fingerprint density at radius 2 is 2.26 bits per heavy atom. The Balaban J connectivity index is 2.35. The van der Waals surface area contributed by atoms with Gasteiger partial charge in [0.2, 0.25) is 10.0 Å². The van der Waals surface area contributed by atoms with Gasteiger partial charge in [-0.1, -0.05) is 15.9 Å². The molecule has 1 fully saturated rings. The van der Waals surface area contributed by atoms with E-state index in [1.165, 1.54) is 11.3 Å². The third kappa shape index (κ3) is 3.49. The van der Waals surface area contributed by atoms with Crippen LogP contribution < -0.4 is 4.72 Å². The van der Waals surface area contributed by atoms with Crippen LogP contribution in [0.15, 0.2) is 5.38 Å². The number of ether oxygens (including phenoxy) is 1. The van der Waals surface area contributed by atoms with Crippen LogP contribution in [0.5, 0.6) is 0 Å². The number of nitrogens with one attached hydrogen (secondary N) is 1. The molecule has 1 saturated carbocycles. The molecule has 0 spiro atoms. The Morgan fingerprint density at radius 3 is 2.79 bits per heavy atom. The van der Waals surface area contributed by atoms with Crippen LogP contribution in [0.4, 0.5) is 5.00 Å². The number of carbonyl (C=O) groups excluding carboxylic acids is 1. The normalized spacial score (nSPS) is 15.3. The Bertz CT molecular complexity index is 578. The monoisotopic (exact) mass is 367 g/mol. The molecule has 0 aliphatic heterocycles. The van der Waals surface area contributed by atoms with E-state index in [0.717, 1.165) is 18.4 Å². The van der Waals surface area contributed by atoms with Crippen molar-refractivity contribution in [3.05, 3.63) is 16.5 Å². The minimum atomic E-state index is -3.47. The second-order valence-electron chi connectivity index (χ2n) is 4.22. The molecule has 19 heavy (non-hydrogen) atoms. The van der Waals surface area contributed by atoms with E-state index in [2.05, 4.69) is 20.7 Å². The van der Waals surface area contributed by atoms with Crippen molar-refractivity contribution in [1.29, 1.82) is 0 Å². The van der Waals surface area contributed by atoms with Gasteiger partial charge in [-0.2, -0.15) is 0 Å². The van der Waals surface area contributed by atoms with Crippen LogP contribution in [-0.4, -0.2) is 25.7 Å². The fraction of sp³-hybridized carbons (Fsp3) is 0.545. The predicted octanol–water partition coefficient (Wildman–Crippen LogP) is 2.90. The zero-order valence-electron chi connectivity index (χ0n) is 10.3. The topological polar surface area (TPSA) is 72.5 Å². The summed E-state index contributed by atoms with van der Waals surface area (Å²) < 4.78 is 30.4. The molecule has 1 aliphatic carbocycles. The number of carbonyl (C=O) groups is 1. The first-order valence-electron chi connectivity index (χ1n) is 5.83. The van der Waals surface area contributed by atoms with Crippen molar-refractivity contribution in [3.63, 3.8) is 0 Å². The average molecular weight is 368 g/mol. The van der Waals surface area contributed by atoms with Gasteiger partial charge in [0.25, 0.3) is 0 Å². The van der Waals surface area contributed by atoms with Crippen molar-refractivity contribution in [3.8, 4) is 0 Å². The van der Waals surface area contributed by atoms with Crippen molar-refractivity contribution in [2.24, 2.45) is 0 Å². The third-order valence-corrected chi connectivity index (χ3v) is 6.36. The van der Waals surface area contributed by atoms with E-state index in [1.54, 1.807) is 6.92 Å². The molecule has 1 aromatic heterocycles. The number of sulfonamides is 1. The molecular weight excluding hydrogens is 354 g/mol. The van der Waals surface area contributed by atoms with Gasteiger partial charge < -0.3 is 4.74 Å². The van der Waals surface area contributed by atoms with Gasteiger partial charge in [-0.25, -0.2) is 13.2 Å². The summed E-state index contributed by atoms with van der Waals surface area (Å²) in [6, 6.07) is 0. The summed E-state index contributed by atoms with van der Waals surface area (Å²) in [5.74, 6) is -0.101. The minimum absolute atomic E-state index is 0.209. The van der Waals surface area contributed by atoms with E-state index in [0.29, 0.717) is 16.5 Å². The minimum Gasteiger partial charge on any atom is -0.462 e. The number of thiophene rings is 1. The molecule has 5 nitrogen and oxygen atoms in total. The number of rotatable bonds is 6. The first-order chi connectivity index (χ1) is 8.98. The quantitative estimate of drug-likeness (QED) is 0.619. The number of halogens is 1. The molecule has 106 valence electrons. The van der Waals surface area contributed by atoms with Crippen LogP contribution >= 0.6 is 27.3 Å². The zero-order chi connectivity index (χ0) is 14.0. The molecule has 0 amide bonds. The summed E-state index contributed by atoms with van der Waals surface area (Å²) in [6.45, 7) is 1.99. The summed E-state index contributed by atoms with van der Waals surface area (Å²) >= 11 is 4.14. The molecule has 0 atom stereocenters. The molecule has 1 N–H and O–H groups in total. The van der Waals surface area contributed by atoms with Crippen LogP contribution in [0.25, 0.3) is 0 Å². The van der Waals surface area contributed by atoms with Crippen molar-refractivity contribution >= 4 is 48.3 Å². The summed E-state index contributed by atoms with van der Waals surface area (Å²) in [6.07, 6.45) is 2.07. The average Bonchev–Trinajstić information content (AvgIpc) is 3.11. The lowest BCUT2D eigenvalue weighted by Gasteiger charge is -2.08. The van der Waals surface area contributed by atoms with Gasteiger partial charge in [-0.15, -0.1) is 11.3 Å². The van der Waals surface area contributed by atoms with Gasteiger partial charge >= 0.3 is 5.97 Å². The second kappa shape index (κ2) is 5.80. The number of hydrogen-bond donors (Lipinski definition) is 1. The van der Waals surface area contributed by atoms with Crippen LogP contribution in [0, 0.1) is 0 Å². The van der Waals surface area contributed by atoms with E-state index in [9.17, 15) is 13.2 Å². The fourth-order valence-electron chi connectivity index (χ4n) is 1.72. The van der Waals surface area contributed by atoms with Crippen molar-refractivity contribution in [2.45, 2.75) is 25.7 Å². The lowest BCUT2D eigenvalue weighted by molar-refractivity contribution is 0.0527. The number of alkyl halides is 1. The Kier molecular flexibility index (Phi) is 4.52. The maximum atomic E-state index is 12.0. The molecule has 1 aromatic rings. The van der Waals surface area contributed by atoms with E-state index in [-0.39, 0.29) is 11.3 Å². The van der Waals surface area contributed by atoms with Crippen molar-refractivity contribution in [2.75, 3.05) is 16.0 Å². The Labute approximate surface area is 124 Å². The van der Waals surface area contributed by atoms with Crippen molar-refractivity contribution < 1.29 is 17.9 Å². The largest absolute Gasteiger partial charge is 0.462 e. The van der Waals surface area contributed by atoms with E-state index in [4.69, 9.17) is 4.74 Å². The Morgan fingerprint density at radius 1 is 1.58 bits per heavy atom. The molecule has 0 bridgehead atoms. The number of hydrogen-bond acceptors (Lipinski definition) is 5. The molecule has 8 heteroatoms. The molecule has 2 rings (SSSR count). The van der Waals surface area contributed by atoms with Gasteiger partial charge in [0, 0.05) is 0 Å². The first kappa shape index (κ1) is 14.8. The molecular formula is C11H14BrNO4S2. The molecule has 0 unspecified atom stereocenters. The first-order valence-corrected chi connectivity index (χ1v) is 9.48. The summed E-state index contributed by atoms with van der Waals surface area (Å²) in [5.41, 5.74) is 1.27. The lowest BCUT2D eigenvalue weighted by atomic mass is 10.1. The molecule has 0 radical (unpaired) electrons. The van der Waals surface area contributed by atoms with E-state index < -0.39 is 16.0 Å². The maximum absolute atomic E-state index is 12.0. The van der Waals surface area contributed by atoms with E-state index in [1.807, 2.05) is 5.38 Å². The highest BCUT2D eigenvalue weighted by Gasteiger charge is 2.32. The van der Waals surface area contributed by atoms with Crippen LogP contribution in [0.2, 0.25) is 0 Å². The van der Waals surface area contributed by atoms with Crippen LogP contribution in [0.3, 0.4) is 0 Å². The number of anilines is 1. The van der Waals surface area contributed by atoms with Crippen LogP contribution in [0.1, 0.15) is 41.6 Å². The summed E-state index contributed by atoms with van der Waals surface area (Å²) in [4.78, 5) is 12.0.